The zero-order chi connectivity index (χ0) is 12.5. The number of nitrogens with zero attached hydrogens (tertiary/aromatic N) is 1. The Hall–Kier alpha value is -0.210. The van der Waals surface area contributed by atoms with Crippen LogP contribution in [0.1, 0.15) is 37.7 Å². The Morgan fingerprint density at radius 1 is 1.22 bits per heavy atom. The summed E-state index contributed by atoms with van der Waals surface area (Å²) in [6, 6.07) is 7.24. The van der Waals surface area contributed by atoms with E-state index < -0.39 is 0 Å². The molecule has 1 nitrogen and oxygen atoms in total. The number of rotatable bonds is 2. The molecule has 1 aliphatic heterocycles. The van der Waals surface area contributed by atoms with Crippen LogP contribution in [0.2, 0.25) is 5.02 Å². The summed E-state index contributed by atoms with van der Waals surface area (Å²) in [5.41, 5.74) is 2.50. The van der Waals surface area contributed by atoms with E-state index >= 15 is 0 Å². The maximum atomic E-state index is 6.47. The molecule has 0 amide bonds. The highest BCUT2D eigenvalue weighted by Gasteiger charge is 2.35. The molecular weight excluding hydrogens is 310 g/mol. The third kappa shape index (κ3) is 2.30. The predicted octanol–water partition coefficient (Wildman–Crippen LogP) is 5.00. The van der Waals surface area contributed by atoms with Gasteiger partial charge in [0.15, 0.2) is 0 Å². The van der Waals surface area contributed by atoms with Crippen molar-refractivity contribution in [2.45, 2.75) is 43.5 Å². The molecule has 1 aliphatic carbocycles. The van der Waals surface area contributed by atoms with E-state index in [0.717, 1.165) is 22.3 Å². The number of hydrogen-bond acceptors (Lipinski definition) is 1. The van der Waals surface area contributed by atoms with Crippen molar-refractivity contribution in [3.63, 3.8) is 0 Å². The molecule has 1 saturated heterocycles. The van der Waals surface area contributed by atoms with E-state index in [0.29, 0.717) is 0 Å². The number of anilines is 1. The first-order valence-electron chi connectivity index (χ1n) is 6.90. The van der Waals surface area contributed by atoms with Crippen LogP contribution in [0.5, 0.6) is 0 Å². The monoisotopic (exact) mass is 327 g/mol. The van der Waals surface area contributed by atoms with Gasteiger partial charge >= 0.3 is 0 Å². The Labute approximate surface area is 123 Å². The molecule has 0 aromatic heterocycles. The lowest BCUT2D eigenvalue weighted by Gasteiger charge is -2.40. The quantitative estimate of drug-likeness (QED) is 0.690. The second kappa shape index (κ2) is 5.42. The molecule has 0 N–H and O–H groups in total. The second-order valence-corrected chi connectivity index (χ2v) is 6.48. The molecule has 0 spiro atoms. The topological polar surface area (TPSA) is 3.24 Å². The van der Waals surface area contributed by atoms with E-state index in [2.05, 4.69) is 39.0 Å². The van der Waals surface area contributed by atoms with Crippen molar-refractivity contribution >= 4 is 33.2 Å². The summed E-state index contributed by atoms with van der Waals surface area (Å²) in [6.45, 7) is 1.18. The molecule has 1 saturated carbocycles. The summed E-state index contributed by atoms with van der Waals surface area (Å²) in [4.78, 5) is 2.57. The minimum atomic E-state index is 0.742. The summed E-state index contributed by atoms with van der Waals surface area (Å²) in [5.74, 6) is 0.908. The molecule has 1 aromatic rings. The van der Waals surface area contributed by atoms with Crippen molar-refractivity contribution in [2.24, 2.45) is 5.92 Å². The summed E-state index contributed by atoms with van der Waals surface area (Å²) in [5, 5.41) is 1.79. The smallest absolute Gasteiger partial charge is 0.0642 e. The van der Waals surface area contributed by atoms with Crippen molar-refractivity contribution in [3.05, 3.63) is 28.8 Å². The minimum absolute atomic E-state index is 0.742. The number of hydrogen-bond donors (Lipinski definition) is 0. The third-order valence-electron chi connectivity index (χ3n) is 4.47. The van der Waals surface area contributed by atoms with Crippen LogP contribution in [0.3, 0.4) is 0 Å². The Kier molecular flexibility index (Phi) is 3.86. The zero-order valence-corrected chi connectivity index (χ0v) is 12.9. The van der Waals surface area contributed by atoms with E-state index in [9.17, 15) is 0 Å². The molecule has 0 bridgehead atoms. The van der Waals surface area contributed by atoms with Crippen LogP contribution in [0.15, 0.2) is 18.2 Å². The fourth-order valence-corrected chi connectivity index (χ4v) is 4.28. The van der Waals surface area contributed by atoms with Crippen molar-refractivity contribution < 1.29 is 0 Å². The van der Waals surface area contributed by atoms with Gasteiger partial charge in [0.2, 0.25) is 0 Å². The summed E-state index contributed by atoms with van der Waals surface area (Å²) >= 11 is 9.95. The first kappa shape index (κ1) is 12.8. The lowest BCUT2D eigenvalue weighted by atomic mass is 9.91. The fraction of sp³-hybridized carbons (Fsp3) is 0.600. The summed E-state index contributed by atoms with van der Waals surface area (Å²) < 4.78 is 0. The number of fused-ring (bicyclic) bond motifs is 1. The van der Waals surface area contributed by atoms with Crippen LogP contribution >= 0.6 is 27.5 Å². The van der Waals surface area contributed by atoms with Crippen LogP contribution in [-0.4, -0.2) is 12.6 Å². The van der Waals surface area contributed by atoms with Gasteiger partial charge in [-0.1, -0.05) is 40.0 Å². The van der Waals surface area contributed by atoms with E-state index in [-0.39, 0.29) is 0 Å². The Balaban J connectivity index is 1.89. The number of piperidine rings is 1. The van der Waals surface area contributed by atoms with Gasteiger partial charge in [-0.15, -0.1) is 0 Å². The van der Waals surface area contributed by atoms with Crippen molar-refractivity contribution in [3.8, 4) is 0 Å². The lowest BCUT2D eigenvalue weighted by Crippen LogP contribution is -2.42. The highest BCUT2D eigenvalue weighted by Crippen LogP contribution is 2.41. The van der Waals surface area contributed by atoms with Crippen molar-refractivity contribution in [1.29, 1.82) is 0 Å². The van der Waals surface area contributed by atoms with Crippen LogP contribution in [0.4, 0.5) is 5.69 Å². The Bertz CT molecular complexity index is 435. The predicted molar refractivity (Wildman–Crippen MR) is 81.8 cm³/mol. The molecule has 1 heterocycles. The third-order valence-corrected chi connectivity index (χ3v) is 5.42. The zero-order valence-electron chi connectivity index (χ0n) is 10.5. The molecule has 2 unspecified atom stereocenters. The molecule has 1 aromatic carbocycles. The van der Waals surface area contributed by atoms with Gasteiger partial charge in [-0.3, -0.25) is 0 Å². The van der Waals surface area contributed by atoms with Gasteiger partial charge in [-0.05, 0) is 49.3 Å². The van der Waals surface area contributed by atoms with Crippen molar-refractivity contribution in [2.75, 3.05) is 11.4 Å². The van der Waals surface area contributed by atoms with Gasteiger partial charge in [-0.25, -0.2) is 0 Å². The summed E-state index contributed by atoms with van der Waals surface area (Å²) in [7, 11) is 0. The van der Waals surface area contributed by atoms with E-state index in [1.165, 1.54) is 49.9 Å². The van der Waals surface area contributed by atoms with Crippen LogP contribution < -0.4 is 4.90 Å². The SMILES string of the molecule is Clc1cc(CBr)ccc1N1CCCC2CCCC21. The molecule has 2 fully saturated rings. The number of alkyl halides is 1. The number of halogens is 2. The maximum absolute atomic E-state index is 6.47. The average Bonchev–Trinajstić information content (AvgIpc) is 2.87. The van der Waals surface area contributed by atoms with Crippen LogP contribution in [0, 0.1) is 5.92 Å². The van der Waals surface area contributed by atoms with Gasteiger partial charge in [0.25, 0.3) is 0 Å². The van der Waals surface area contributed by atoms with Gasteiger partial charge < -0.3 is 4.90 Å². The van der Waals surface area contributed by atoms with Crippen LogP contribution in [-0.2, 0) is 5.33 Å². The van der Waals surface area contributed by atoms with E-state index in [4.69, 9.17) is 11.6 Å². The Morgan fingerprint density at radius 2 is 2.06 bits per heavy atom. The lowest BCUT2D eigenvalue weighted by molar-refractivity contribution is 0.362. The molecule has 18 heavy (non-hydrogen) atoms. The first-order chi connectivity index (χ1) is 8.79. The molecule has 2 aliphatic rings. The number of benzene rings is 1. The normalized spacial score (nSPS) is 27.3. The van der Waals surface area contributed by atoms with Gasteiger partial charge in [-0.2, -0.15) is 0 Å². The molecular formula is C15H19BrClN. The molecule has 2 atom stereocenters. The largest absolute Gasteiger partial charge is 0.367 e. The molecule has 98 valence electrons. The molecule has 3 rings (SSSR count). The second-order valence-electron chi connectivity index (χ2n) is 5.51. The van der Waals surface area contributed by atoms with Gasteiger partial charge in [0, 0.05) is 17.9 Å². The highest BCUT2D eigenvalue weighted by atomic mass is 79.9. The van der Waals surface area contributed by atoms with Crippen LogP contribution in [0.25, 0.3) is 0 Å². The molecule has 0 radical (unpaired) electrons. The van der Waals surface area contributed by atoms with Gasteiger partial charge in [0.1, 0.15) is 0 Å². The Morgan fingerprint density at radius 3 is 2.83 bits per heavy atom. The fourth-order valence-electron chi connectivity index (χ4n) is 3.62. The molecule has 3 heteroatoms. The average molecular weight is 329 g/mol. The minimum Gasteiger partial charge on any atom is -0.367 e. The summed E-state index contributed by atoms with van der Waals surface area (Å²) in [6.07, 6.45) is 6.89. The maximum Gasteiger partial charge on any atom is 0.0642 e. The first-order valence-corrected chi connectivity index (χ1v) is 8.40. The standard InChI is InChI=1S/C15H19BrClN/c16-10-11-6-7-15(13(17)9-11)18-8-2-4-12-3-1-5-14(12)18/h6-7,9,12,14H,1-5,8,10H2. The van der Waals surface area contributed by atoms with E-state index in [1.807, 2.05) is 0 Å². The highest BCUT2D eigenvalue weighted by molar-refractivity contribution is 9.08. The van der Waals surface area contributed by atoms with Gasteiger partial charge in [0.05, 0.1) is 10.7 Å². The van der Waals surface area contributed by atoms with E-state index in [1.54, 1.807) is 0 Å². The van der Waals surface area contributed by atoms with Crippen molar-refractivity contribution in [1.82, 2.24) is 0 Å².